The maximum absolute atomic E-state index is 3.46. The summed E-state index contributed by atoms with van der Waals surface area (Å²) in [6.07, 6.45) is 5.64. The number of hydrogen-bond acceptors (Lipinski definition) is 2. The summed E-state index contributed by atoms with van der Waals surface area (Å²) >= 11 is 0. The van der Waals surface area contributed by atoms with Gasteiger partial charge in [-0.1, -0.05) is 13.8 Å². The van der Waals surface area contributed by atoms with Gasteiger partial charge in [0.15, 0.2) is 0 Å². The van der Waals surface area contributed by atoms with Gasteiger partial charge in [0.05, 0.1) is 0 Å². The molecule has 1 aliphatic carbocycles. The van der Waals surface area contributed by atoms with Crippen LogP contribution in [0.15, 0.2) is 0 Å². The molecule has 84 valence electrons. The molecule has 1 aliphatic rings. The van der Waals surface area contributed by atoms with E-state index < -0.39 is 0 Å². The van der Waals surface area contributed by atoms with Crippen LogP contribution >= 0.6 is 0 Å². The van der Waals surface area contributed by atoms with Crippen molar-refractivity contribution in [3.8, 4) is 0 Å². The number of hydrogen-bond donors (Lipinski definition) is 1. The predicted molar refractivity (Wildman–Crippen MR) is 62.6 cm³/mol. The monoisotopic (exact) mass is 198 g/mol. The van der Waals surface area contributed by atoms with Gasteiger partial charge in [-0.2, -0.15) is 0 Å². The van der Waals surface area contributed by atoms with Crippen LogP contribution in [0.3, 0.4) is 0 Å². The number of rotatable bonds is 5. The Morgan fingerprint density at radius 3 is 2.29 bits per heavy atom. The summed E-state index contributed by atoms with van der Waals surface area (Å²) in [5, 5.41) is 3.46. The molecule has 2 heteroatoms. The third kappa shape index (κ3) is 3.58. The Balaban J connectivity index is 2.17. The molecule has 0 radical (unpaired) electrons. The molecule has 0 amide bonds. The minimum Gasteiger partial charge on any atom is -0.317 e. The zero-order valence-corrected chi connectivity index (χ0v) is 10.1. The zero-order valence-electron chi connectivity index (χ0n) is 10.1. The predicted octanol–water partition coefficient (Wildman–Crippen LogP) is 2.11. The van der Waals surface area contributed by atoms with Crippen molar-refractivity contribution in [1.82, 2.24) is 10.2 Å². The molecule has 0 aromatic heterocycles. The third-order valence-corrected chi connectivity index (χ3v) is 3.62. The fourth-order valence-electron chi connectivity index (χ4n) is 2.40. The van der Waals surface area contributed by atoms with Crippen LogP contribution in [-0.4, -0.2) is 37.6 Å². The summed E-state index contributed by atoms with van der Waals surface area (Å²) in [5.74, 6) is 0.941. The van der Waals surface area contributed by atoms with E-state index in [4.69, 9.17) is 0 Å². The van der Waals surface area contributed by atoms with Gasteiger partial charge in [-0.15, -0.1) is 0 Å². The summed E-state index contributed by atoms with van der Waals surface area (Å²) in [5.41, 5.74) is 0. The molecular weight excluding hydrogens is 172 g/mol. The van der Waals surface area contributed by atoms with Gasteiger partial charge in [0.1, 0.15) is 0 Å². The van der Waals surface area contributed by atoms with Gasteiger partial charge in [-0.3, -0.25) is 0 Å². The second kappa shape index (κ2) is 6.41. The van der Waals surface area contributed by atoms with Gasteiger partial charge in [0.2, 0.25) is 0 Å². The Morgan fingerprint density at radius 1 is 1.14 bits per heavy atom. The van der Waals surface area contributed by atoms with Gasteiger partial charge >= 0.3 is 0 Å². The third-order valence-electron chi connectivity index (χ3n) is 3.62. The van der Waals surface area contributed by atoms with E-state index in [0.717, 1.165) is 18.5 Å². The lowest BCUT2D eigenvalue weighted by Crippen LogP contribution is -2.36. The SMILES string of the molecule is CCNCC1CCC(N(C)CC)CC1. The highest BCUT2D eigenvalue weighted by molar-refractivity contribution is 4.78. The van der Waals surface area contributed by atoms with Crippen molar-refractivity contribution in [2.45, 2.75) is 45.6 Å². The van der Waals surface area contributed by atoms with E-state index in [-0.39, 0.29) is 0 Å². The largest absolute Gasteiger partial charge is 0.317 e. The van der Waals surface area contributed by atoms with Crippen molar-refractivity contribution in [2.75, 3.05) is 26.7 Å². The van der Waals surface area contributed by atoms with Crippen molar-refractivity contribution < 1.29 is 0 Å². The van der Waals surface area contributed by atoms with E-state index in [1.165, 1.54) is 38.8 Å². The second-order valence-electron chi connectivity index (χ2n) is 4.56. The first kappa shape index (κ1) is 12.0. The lowest BCUT2D eigenvalue weighted by atomic mass is 9.85. The summed E-state index contributed by atoms with van der Waals surface area (Å²) in [6.45, 7) is 8.00. The molecule has 0 spiro atoms. The molecule has 1 rings (SSSR count). The summed E-state index contributed by atoms with van der Waals surface area (Å²) in [6, 6.07) is 0.859. The van der Waals surface area contributed by atoms with Crippen LogP contribution in [-0.2, 0) is 0 Å². The summed E-state index contributed by atoms with van der Waals surface area (Å²) < 4.78 is 0. The lowest BCUT2D eigenvalue weighted by Gasteiger charge is -2.34. The molecule has 14 heavy (non-hydrogen) atoms. The molecule has 0 bridgehead atoms. The molecule has 0 heterocycles. The molecule has 0 atom stereocenters. The highest BCUT2D eigenvalue weighted by Crippen LogP contribution is 2.26. The van der Waals surface area contributed by atoms with E-state index in [9.17, 15) is 0 Å². The van der Waals surface area contributed by atoms with E-state index in [1.54, 1.807) is 0 Å². The Morgan fingerprint density at radius 2 is 1.79 bits per heavy atom. The van der Waals surface area contributed by atoms with Gasteiger partial charge in [0.25, 0.3) is 0 Å². The van der Waals surface area contributed by atoms with Crippen molar-refractivity contribution in [3.63, 3.8) is 0 Å². The van der Waals surface area contributed by atoms with Crippen LogP contribution in [0.25, 0.3) is 0 Å². The van der Waals surface area contributed by atoms with Crippen molar-refractivity contribution in [2.24, 2.45) is 5.92 Å². The maximum Gasteiger partial charge on any atom is 0.00923 e. The normalized spacial score (nSPS) is 28.3. The Labute approximate surface area is 89.1 Å². The molecule has 0 aliphatic heterocycles. The minimum atomic E-state index is 0.859. The highest BCUT2D eigenvalue weighted by Gasteiger charge is 2.22. The topological polar surface area (TPSA) is 15.3 Å². The van der Waals surface area contributed by atoms with E-state index in [0.29, 0.717) is 0 Å². The summed E-state index contributed by atoms with van der Waals surface area (Å²) in [4.78, 5) is 2.50. The van der Waals surface area contributed by atoms with E-state index in [2.05, 4.69) is 31.1 Å². The quantitative estimate of drug-likeness (QED) is 0.728. The van der Waals surface area contributed by atoms with Crippen LogP contribution < -0.4 is 5.32 Å². The Hall–Kier alpha value is -0.0800. The first-order chi connectivity index (χ1) is 6.77. The van der Waals surface area contributed by atoms with E-state index >= 15 is 0 Å². The maximum atomic E-state index is 3.46. The average Bonchev–Trinajstić information content (AvgIpc) is 2.26. The standard InChI is InChI=1S/C12H26N2/c1-4-13-10-11-6-8-12(9-7-11)14(3)5-2/h11-13H,4-10H2,1-3H3. The van der Waals surface area contributed by atoms with Gasteiger partial charge in [-0.05, 0) is 58.3 Å². The molecule has 1 fully saturated rings. The molecule has 0 aromatic rings. The first-order valence-electron chi connectivity index (χ1n) is 6.18. The van der Waals surface area contributed by atoms with Crippen molar-refractivity contribution in [1.29, 1.82) is 0 Å². The minimum absolute atomic E-state index is 0.859. The molecule has 1 saturated carbocycles. The lowest BCUT2D eigenvalue weighted by molar-refractivity contribution is 0.171. The second-order valence-corrected chi connectivity index (χ2v) is 4.56. The van der Waals surface area contributed by atoms with Crippen LogP contribution in [0, 0.1) is 5.92 Å². The van der Waals surface area contributed by atoms with Crippen LogP contribution in [0.5, 0.6) is 0 Å². The Kier molecular flexibility index (Phi) is 5.49. The molecule has 0 saturated heterocycles. The highest BCUT2D eigenvalue weighted by atomic mass is 15.1. The van der Waals surface area contributed by atoms with Crippen LogP contribution in [0.1, 0.15) is 39.5 Å². The number of nitrogens with zero attached hydrogens (tertiary/aromatic N) is 1. The summed E-state index contributed by atoms with van der Waals surface area (Å²) in [7, 11) is 2.26. The molecule has 0 unspecified atom stereocenters. The fraction of sp³-hybridized carbons (Fsp3) is 1.00. The molecule has 1 N–H and O–H groups in total. The first-order valence-corrected chi connectivity index (χ1v) is 6.18. The van der Waals surface area contributed by atoms with Gasteiger partial charge in [-0.25, -0.2) is 0 Å². The molecule has 2 nitrogen and oxygen atoms in total. The van der Waals surface area contributed by atoms with Gasteiger partial charge in [0, 0.05) is 6.04 Å². The zero-order chi connectivity index (χ0) is 10.4. The smallest absolute Gasteiger partial charge is 0.00923 e. The average molecular weight is 198 g/mol. The van der Waals surface area contributed by atoms with Crippen LogP contribution in [0.2, 0.25) is 0 Å². The van der Waals surface area contributed by atoms with E-state index in [1.807, 2.05) is 0 Å². The number of nitrogens with one attached hydrogen (secondary N) is 1. The van der Waals surface area contributed by atoms with Crippen LogP contribution in [0.4, 0.5) is 0 Å². The Bertz CT molecular complexity index is 139. The van der Waals surface area contributed by atoms with Gasteiger partial charge < -0.3 is 10.2 Å². The van der Waals surface area contributed by atoms with Crippen molar-refractivity contribution in [3.05, 3.63) is 0 Å². The molecular formula is C12H26N2. The molecule has 0 aromatic carbocycles. The fourth-order valence-corrected chi connectivity index (χ4v) is 2.40. The van der Waals surface area contributed by atoms with Crippen molar-refractivity contribution >= 4 is 0 Å².